The fourth-order valence-corrected chi connectivity index (χ4v) is 4.00. The Kier molecular flexibility index (Phi) is 5.96. The Hall–Kier alpha value is -1.61. The molecule has 5 nitrogen and oxygen atoms in total. The first-order valence-electron chi connectivity index (χ1n) is 9.00. The highest BCUT2D eigenvalue weighted by atomic mass is 28.4. The van der Waals surface area contributed by atoms with E-state index in [1.54, 1.807) is 0 Å². The number of alkyl halides is 3. The number of rotatable bonds is 5. The molecular formula is C18H27F3N2O3Si. The van der Waals surface area contributed by atoms with Crippen molar-refractivity contribution in [3.05, 3.63) is 33.9 Å². The average molecular weight is 405 g/mol. The first-order chi connectivity index (χ1) is 12.2. The lowest BCUT2D eigenvalue weighted by Gasteiger charge is -2.38. The SMILES string of the molecule is CC(C)(C)[Si](C)(C)OC[C@H]1CCCN1c1ccc([N+](=O)[O-])c(C(F)(F)F)c1. The van der Waals surface area contributed by atoms with Gasteiger partial charge in [0.2, 0.25) is 0 Å². The van der Waals surface area contributed by atoms with E-state index in [9.17, 15) is 23.3 Å². The van der Waals surface area contributed by atoms with E-state index in [4.69, 9.17) is 4.43 Å². The molecule has 1 aromatic carbocycles. The van der Waals surface area contributed by atoms with Gasteiger partial charge in [0.05, 0.1) is 17.6 Å². The molecule has 0 radical (unpaired) electrons. The van der Waals surface area contributed by atoms with Crippen LogP contribution in [0.3, 0.4) is 0 Å². The van der Waals surface area contributed by atoms with E-state index in [0.29, 0.717) is 18.8 Å². The van der Waals surface area contributed by atoms with Gasteiger partial charge in [0.15, 0.2) is 8.32 Å². The second-order valence-electron chi connectivity index (χ2n) is 8.52. The molecule has 1 heterocycles. The van der Waals surface area contributed by atoms with Gasteiger partial charge in [-0.1, -0.05) is 20.8 Å². The quantitative estimate of drug-likeness (QED) is 0.364. The molecule has 0 saturated carbocycles. The maximum absolute atomic E-state index is 13.3. The van der Waals surface area contributed by atoms with Gasteiger partial charge in [-0.05, 0) is 43.1 Å². The van der Waals surface area contributed by atoms with E-state index in [-0.39, 0.29) is 11.1 Å². The van der Waals surface area contributed by atoms with Crippen molar-refractivity contribution in [2.24, 2.45) is 0 Å². The van der Waals surface area contributed by atoms with Gasteiger partial charge in [-0.15, -0.1) is 0 Å². The van der Waals surface area contributed by atoms with Crippen molar-refractivity contribution in [1.29, 1.82) is 0 Å². The smallest absolute Gasteiger partial charge is 0.415 e. The highest BCUT2D eigenvalue weighted by Gasteiger charge is 2.41. The molecule has 1 saturated heterocycles. The minimum Gasteiger partial charge on any atom is -0.415 e. The Balaban J connectivity index is 2.25. The third-order valence-electron chi connectivity index (χ3n) is 5.63. The number of nitrogens with zero attached hydrogens (tertiary/aromatic N) is 2. The van der Waals surface area contributed by atoms with Gasteiger partial charge in [0, 0.05) is 18.3 Å². The molecule has 0 spiro atoms. The predicted molar refractivity (Wildman–Crippen MR) is 102 cm³/mol. The van der Waals surface area contributed by atoms with Gasteiger partial charge in [-0.25, -0.2) is 0 Å². The molecule has 0 unspecified atom stereocenters. The standard InChI is InChI=1S/C18H27F3N2O3Si/c1-17(2,3)27(4,5)26-12-14-7-6-10-22(14)13-8-9-16(23(24)25)15(11-13)18(19,20)21/h8-9,11,14H,6-7,10,12H2,1-5H3/t14-/m1/s1. The lowest BCUT2D eigenvalue weighted by molar-refractivity contribution is -0.388. The molecule has 1 fully saturated rings. The van der Waals surface area contributed by atoms with Crippen molar-refractivity contribution in [2.45, 2.75) is 64.0 Å². The van der Waals surface area contributed by atoms with Crippen LogP contribution in [0.2, 0.25) is 18.1 Å². The molecule has 27 heavy (non-hydrogen) atoms. The zero-order valence-corrected chi connectivity index (χ0v) is 17.4. The van der Waals surface area contributed by atoms with Gasteiger partial charge < -0.3 is 9.33 Å². The highest BCUT2D eigenvalue weighted by molar-refractivity contribution is 6.74. The highest BCUT2D eigenvalue weighted by Crippen LogP contribution is 2.40. The summed E-state index contributed by atoms with van der Waals surface area (Å²) in [5.41, 5.74) is -1.77. The van der Waals surface area contributed by atoms with Crippen molar-refractivity contribution >= 4 is 19.7 Å². The monoisotopic (exact) mass is 404 g/mol. The number of benzene rings is 1. The van der Waals surface area contributed by atoms with Crippen LogP contribution >= 0.6 is 0 Å². The van der Waals surface area contributed by atoms with Crippen molar-refractivity contribution in [1.82, 2.24) is 0 Å². The summed E-state index contributed by atoms with van der Waals surface area (Å²) in [7, 11) is -1.96. The van der Waals surface area contributed by atoms with E-state index in [2.05, 4.69) is 33.9 Å². The molecule has 152 valence electrons. The number of hydrogen-bond acceptors (Lipinski definition) is 4. The van der Waals surface area contributed by atoms with Gasteiger partial charge in [-0.3, -0.25) is 10.1 Å². The fraction of sp³-hybridized carbons (Fsp3) is 0.667. The molecule has 0 N–H and O–H groups in total. The molecule has 1 aliphatic rings. The van der Waals surface area contributed by atoms with Crippen LogP contribution in [0.5, 0.6) is 0 Å². The molecule has 0 bridgehead atoms. The second kappa shape index (κ2) is 7.42. The Bertz CT molecular complexity index is 702. The molecule has 0 amide bonds. The molecule has 1 aromatic rings. The molecule has 1 aliphatic heterocycles. The third-order valence-corrected chi connectivity index (χ3v) is 10.1. The van der Waals surface area contributed by atoms with E-state index < -0.39 is 30.7 Å². The van der Waals surface area contributed by atoms with Crippen molar-refractivity contribution < 1.29 is 22.5 Å². The first kappa shape index (κ1) is 21.7. The number of hydrogen-bond donors (Lipinski definition) is 0. The number of nitro benzene ring substituents is 1. The number of anilines is 1. The van der Waals surface area contributed by atoms with Crippen LogP contribution in [0.25, 0.3) is 0 Å². The predicted octanol–water partition coefficient (Wildman–Crippen LogP) is 5.60. The Morgan fingerprint density at radius 2 is 1.93 bits per heavy atom. The minimum atomic E-state index is -4.77. The van der Waals surface area contributed by atoms with E-state index in [0.717, 1.165) is 25.0 Å². The summed E-state index contributed by atoms with van der Waals surface area (Å²) in [6, 6.07) is 3.21. The van der Waals surface area contributed by atoms with Crippen LogP contribution in [0.1, 0.15) is 39.2 Å². The van der Waals surface area contributed by atoms with Crippen LogP contribution in [-0.2, 0) is 10.6 Å². The van der Waals surface area contributed by atoms with E-state index >= 15 is 0 Å². The van der Waals surface area contributed by atoms with E-state index in [1.165, 1.54) is 6.07 Å². The maximum Gasteiger partial charge on any atom is 0.423 e. The van der Waals surface area contributed by atoms with Gasteiger partial charge >= 0.3 is 6.18 Å². The summed E-state index contributed by atoms with van der Waals surface area (Å²) in [4.78, 5) is 11.8. The Morgan fingerprint density at radius 1 is 1.30 bits per heavy atom. The lowest BCUT2D eigenvalue weighted by atomic mass is 10.1. The Labute approximate surface area is 158 Å². The van der Waals surface area contributed by atoms with Crippen LogP contribution in [0.4, 0.5) is 24.5 Å². The van der Waals surface area contributed by atoms with Crippen LogP contribution in [-0.4, -0.2) is 32.4 Å². The minimum absolute atomic E-state index is 0.0262. The zero-order chi connectivity index (χ0) is 20.6. The summed E-state index contributed by atoms with van der Waals surface area (Å²) in [6.07, 6.45) is -3.10. The topological polar surface area (TPSA) is 55.6 Å². The van der Waals surface area contributed by atoms with Gasteiger partial charge in [0.25, 0.3) is 5.69 Å². The molecule has 1 atom stereocenters. The number of halogens is 3. The summed E-state index contributed by atoms with van der Waals surface area (Å²) >= 11 is 0. The first-order valence-corrected chi connectivity index (χ1v) is 11.9. The normalized spacial score (nSPS) is 18.8. The number of nitro groups is 1. The summed E-state index contributed by atoms with van der Waals surface area (Å²) < 4.78 is 46.1. The van der Waals surface area contributed by atoms with Crippen molar-refractivity contribution in [2.75, 3.05) is 18.1 Å². The van der Waals surface area contributed by atoms with Crippen LogP contribution in [0, 0.1) is 10.1 Å². The van der Waals surface area contributed by atoms with Crippen molar-refractivity contribution in [3.8, 4) is 0 Å². The molecular weight excluding hydrogens is 377 g/mol. The van der Waals surface area contributed by atoms with Crippen LogP contribution in [0.15, 0.2) is 18.2 Å². The average Bonchev–Trinajstić information content (AvgIpc) is 2.99. The maximum atomic E-state index is 13.3. The van der Waals surface area contributed by atoms with E-state index in [1.807, 2.05) is 4.90 Å². The van der Waals surface area contributed by atoms with Gasteiger partial charge in [-0.2, -0.15) is 13.2 Å². The zero-order valence-electron chi connectivity index (χ0n) is 16.4. The second-order valence-corrected chi connectivity index (χ2v) is 13.3. The van der Waals surface area contributed by atoms with Gasteiger partial charge in [0.1, 0.15) is 5.56 Å². The largest absolute Gasteiger partial charge is 0.423 e. The fourth-order valence-electron chi connectivity index (χ4n) is 2.96. The lowest BCUT2D eigenvalue weighted by Crippen LogP contribution is -2.44. The third kappa shape index (κ3) is 4.81. The molecule has 0 aliphatic carbocycles. The molecule has 9 heteroatoms. The molecule has 0 aromatic heterocycles. The summed E-state index contributed by atoms with van der Waals surface area (Å²) in [5.74, 6) is 0. The van der Waals surface area contributed by atoms with Crippen molar-refractivity contribution in [3.63, 3.8) is 0 Å². The van der Waals surface area contributed by atoms with Crippen LogP contribution < -0.4 is 4.90 Å². The molecule has 2 rings (SSSR count). The summed E-state index contributed by atoms with van der Waals surface area (Å²) in [6.45, 7) is 11.8. The summed E-state index contributed by atoms with van der Waals surface area (Å²) in [5, 5.41) is 11.0. The Morgan fingerprint density at radius 3 is 2.44 bits per heavy atom.